The fraction of sp³-hybridized carbons (Fsp3) is 0.133. The number of nitrogens with zero attached hydrogens (tertiary/aromatic N) is 4. The molecule has 0 atom stereocenters. The summed E-state index contributed by atoms with van der Waals surface area (Å²) in [4.78, 5) is 8.65. The van der Waals surface area contributed by atoms with E-state index in [1.807, 2.05) is 48.8 Å². The van der Waals surface area contributed by atoms with Crippen LogP contribution in [0.1, 0.15) is 11.4 Å². The summed E-state index contributed by atoms with van der Waals surface area (Å²) in [6.45, 7) is 1.58. The predicted octanol–water partition coefficient (Wildman–Crippen LogP) is -1.33. The van der Waals surface area contributed by atoms with Crippen molar-refractivity contribution in [3.8, 4) is 0 Å². The third-order valence-corrected chi connectivity index (χ3v) is 2.89. The molecule has 3 aromatic heterocycles. The molecule has 0 fully saturated rings. The number of hydrogen-bond acceptors (Lipinski definition) is 2. The van der Waals surface area contributed by atoms with Crippen molar-refractivity contribution in [1.82, 2.24) is 14.5 Å². The number of rotatable bonds is 4. The maximum atomic E-state index is 4.32. The van der Waals surface area contributed by atoms with Gasteiger partial charge in [0.05, 0.1) is 11.4 Å². The second kappa shape index (κ2) is 6.82. The second-order valence-corrected chi connectivity index (χ2v) is 4.40. The van der Waals surface area contributed by atoms with Crippen molar-refractivity contribution in [2.24, 2.45) is 0 Å². The SMILES string of the molecule is [Cl-].c1ccc(Cn2cc[n+](Cc3ccccn3)c2)nc1. The fourth-order valence-electron chi connectivity index (χ4n) is 1.98. The highest BCUT2D eigenvalue weighted by Crippen LogP contribution is 1.98. The molecule has 0 N–H and O–H groups in total. The summed E-state index contributed by atoms with van der Waals surface area (Å²) in [5.41, 5.74) is 2.12. The van der Waals surface area contributed by atoms with Crippen LogP contribution in [0.4, 0.5) is 0 Å². The normalized spacial score (nSPS) is 10.0. The molecule has 0 aliphatic heterocycles. The van der Waals surface area contributed by atoms with E-state index in [0.29, 0.717) is 0 Å². The van der Waals surface area contributed by atoms with Gasteiger partial charge in [-0.05, 0) is 24.3 Å². The fourth-order valence-corrected chi connectivity index (χ4v) is 1.98. The van der Waals surface area contributed by atoms with Crippen molar-refractivity contribution in [1.29, 1.82) is 0 Å². The molecule has 0 saturated heterocycles. The molecule has 0 aromatic carbocycles. The molecule has 5 heteroatoms. The largest absolute Gasteiger partial charge is 1.00 e. The molecule has 3 aromatic rings. The number of halogens is 1. The Morgan fingerprint density at radius 2 is 1.65 bits per heavy atom. The smallest absolute Gasteiger partial charge is 0.244 e. The van der Waals surface area contributed by atoms with Crippen LogP contribution in [-0.2, 0) is 13.1 Å². The first-order valence-electron chi connectivity index (χ1n) is 6.25. The minimum absolute atomic E-state index is 0. The van der Waals surface area contributed by atoms with E-state index in [9.17, 15) is 0 Å². The van der Waals surface area contributed by atoms with Crippen LogP contribution in [0.3, 0.4) is 0 Å². The molecule has 20 heavy (non-hydrogen) atoms. The Morgan fingerprint density at radius 1 is 0.950 bits per heavy atom. The zero-order chi connectivity index (χ0) is 12.9. The molecule has 0 radical (unpaired) electrons. The minimum Gasteiger partial charge on any atom is -1.00 e. The standard InChI is InChI=1S/C15H15N4.ClH/c1-3-7-16-14(5-1)11-18-9-10-19(13-18)12-15-6-2-4-8-17-15;/h1-10,13H,11-12H2;1H/q+1;/p-1. The Hall–Kier alpha value is -2.20. The summed E-state index contributed by atoms with van der Waals surface area (Å²) in [7, 11) is 0. The molecule has 3 heterocycles. The quantitative estimate of drug-likeness (QED) is 0.557. The van der Waals surface area contributed by atoms with Crippen LogP contribution in [-0.4, -0.2) is 14.5 Å². The van der Waals surface area contributed by atoms with Crippen molar-refractivity contribution in [3.05, 3.63) is 78.9 Å². The summed E-state index contributed by atoms with van der Waals surface area (Å²) in [6.07, 6.45) is 9.82. The Labute approximate surface area is 124 Å². The highest BCUT2D eigenvalue weighted by molar-refractivity contribution is 5.04. The van der Waals surface area contributed by atoms with E-state index < -0.39 is 0 Å². The van der Waals surface area contributed by atoms with Crippen LogP contribution in [0.5, 0.6) is 0 Å². The van der Waals surface area contributed by atoms with Crippen LogP contribution in [0.15, 0.2) is 67.5 Å². The van der Waals surface area contributed by atoms with Gasteiger partial charge >= 0.3 is 0 Å². The third-order valence-electron chi connectivity index (χ3n) is 2.89. The van der Waals surface area contributed by atoms with Crippen LogP contribution in [0.25, 0.3) is 0 Å². The number of pyridine rings is 2. The Kier molecular flexibility index (Phi) is 4.85. The van der Waals surface area contributed by atoms with E-state index in [-0.39, 0.29) is 12.4 Å². The lowest BCUT2D eigenvalue weighted by molar-refractivity contribution is -0.688. The van der Waals surface area contributed by atoms with Crippen LogP contribution in [0.2, 0.25) is 0 Å². The molecule has 0 bridgehead atoms. The Morgan fingerprint density at radius 3 is 2.30 bits per heavy atom. The molecular formula is C15H15ClN4. The van der Waals surface area contributed by atoms with Gasteiger partial charge in [0, 0.05) is 12.4 Å². The predicted molar refractivity (Wildman–Crippen MR) is 71.3 cm³/mol. The number of hydrogen-bond donors (Lipinski definition) is 0. The topological polar surface area (TPSA) is 34.6 Å². The summed E-state index contributed by atoms with van der Waals surface area (Å²) < 4.78 is 4.23. The third kappa shape index (κ3) is 3.65. The zero-order valence-electron chi connectivity index (χ0n) is 10.9. The van der Waals surface area contributed by atoms with E-state index >= 15 is 0 Å². The highest BCUT2D eigenvalue weighted by Gasteiger charge is 2.06. The molecule has 0 amide bonds. The van der Waals surface area contributed by atoms with Gasteiger partial charge in [0.25, 0.3) is 0 Å². The monoisotopic (exact) mass is 286 g/mol. The zero-order valence-corrected chi connectivity index (χ0v) is 11.7. The lowest BCUT2D eigenvalue weighted by Gasteiger charge is -1.97. The maximum Gasteiger partial charge on any atom is 0.244 e. The molecular weight excluding hydrogens is 272 g/mol. The molecule has 0 aliphatic carbocycles. The van der Waals surface area contributed by atoms with Crippen LogP contribution >= 0.6 is 0 Å². The van der Waals surface area contributed by atoms with Crippen LogP contribution < -0.4 is 17.0 Å². The first-order chi connectivity index (χ1) is 9.40. The number of aromatic nitrogens is 4. The van der Waals surface area contributed by atoms with Gasteiger partial charge in [-0.25, -0.2) is 9.13 Å². The average Bonchev–Trinajstić information content (AvgIpc) is 2.88. The van der Waals surface area contributed by atoms with Crippen molar-refractivity contribution in [3.63, 3.8) is 0 Å². The molecule has 102 valence electrons. The lowest BCUT2D eigenvalue weighted by Crippen LogP contribution is -3.00. The van der Waals surface area contributed by atoms with E-state index in [2.05, 4.69) is 37.8 Å². The second-order valence-electron chi connectivity index (χ2n) is 4.40. The van der Waals surface area contributed by atoms with Gasteiger partial charge in [0.15, 0.2) is 0 Å². The summed E-state index contributed by atoms with van der Waals surface area (Å²) >= 11 is 0. The molecule has 4 nitrogen and oxygen atoms in total. The van der Waals surface area contributed by atoms with Gasteiger partial charge in [0.1, 0.15) is 25.5 Å². The van der Waals surface area contributed by atoms with Crippen molar-refractivity contribution < 1.29 is 17.0 Å². The van der Waals surface area contributed by atoms with E-state index in [4.69, 9.17) is 0 Å². The van der Waals surface area contributed by atoms with Crippen molar-refractivity contribution >= 4 is 0 Å². The first-order valence-corrected chi connectivity index (χ1v) is 6.25. The van der Waals surface area contributed by atoms with E-state index in [1.54, 1.807) is 0 Å². The van der Waals surface area contributed by atoms with Crippen LogP contribution in [0, 0.1) is 0 Å². The van der Waals surface area contributed by atoms with Gasteiger partial charge in [-0.2, -0.15) is 0 Å². The van der Waals surface area contributed by atoms with Gasteiger partial charge in [0.2, 0.25) is 6.33 Å². The van der Waals surface area contributed by atoms with Gasteiger partial charge < -0.3 is 12.4 Å². The van der Waals surface area contributed by atoms with Crippen molar-refractivity contribution in [2.45, 2.75) is 13.1 Å². The van der Waals surface area contributed by atoms with E-state index in [0.717, 1.165) is 24.5 Å². The summed E-state index contributed by atoms with van der Waals surface area (Å²) in [5, 5.41) is 0. The van der Waals surface area contributed by atoms with Gasteiger partial charge in [-0.15, -0.1) is 0 Å². The molecule has 0 aliphatic rings. The first kappa shape index (κ1) is 14.2. The molecule has 0 saturated carbocycles. The Bertz CT molecular complexity index is 581. The minimum atomic E-state index is 0. The van der Waals surface area contributed by atoms with Gasteiger partial charge in [-0.3, -0.25) is 9.97 Å². The summed E-state index contributed by atoms with van der Waals surface area (Å²) in [5.74, 6) is 0. The van der Waals surface area contributed by atoms with Crippen molar-refractivity contribution in [2.75, 3.05) is 0 Å². The van der Waals surface area contributed by atoms with Gasteiger partial charge in [-0.1, -0.05) is 12.1 Å². The Balaban J connectivity index is 0.00000147. The summed E-state index contributed by atoms with van der Waals surface area (Å²) in [6, 6.07) is 11.9. The highest BCUT2D eigenvalue weighted by atomic mass is 35.5. The number of imidazole rings is 1. The van der Waals surface area contributed by atoms with E-state index in [1.165, 1.54) is 0 Å². The average molecular weight is 287 g/mol. The molecule has 0 unspecified atom stereocenters. The maximum absolute atomic E-state index is 4.32. The molecule has 3 rings (SSSR count). The lowest BCUT2D eigenvalue weighted by atomic mass is 10.3. The molecule has 0 spiro atoms.